The van der Waals surface area contributed by atoms with Crippen molar-refractivity contribution >= 4 is 33.2 Å². The number of aliphatic carboxylic acids is 1. The molecule has 0 aromatic carbocycles. The van der Waals surface area contributed by atoms with E-state index in [2.05, 4.69) is 5.32 Å². The first kappa shape index (κ1) is 19.6. The molecule has 7 nitrogen and oxygen atoms in total. The van der Waals surface area contributed by atoms with Gasteiger partial charge < -0.3 is 10.4 Å². The molecule has 1 unspecified atom stereocenters. The fourth-order valence-corrected chi connectivity index (χ4v) is 5.57. The number of sulfonamides is 1. The smallest absolute Gasteiger partial charge is 0.326 e. The number of thiophene rings is 1. The van der Waals surface area contributed by atoms with E-state index < -0.39 is 27.9 Å². The molecule has 1 aromatic rings. The molecular formula is C16H22N2O5S2. The Bertz CT molecular complexity index is 748. The van der Waals surface area contributed by atoms with Crippen LogP contribution in [0.1, 0.15) is 31.1 Å². The van der Waals surface area contributed by atoms with Gasteiger partial charge >= 0.3 is 5.97 Å². The standard InChI is InChI=1S/C16H22N2O5S2/c1-2-3-6-13(16(20)21)17-14(19)11-12-7-8-15(24-12)25(22,23)18-9-4-5-10-18/h2-3,7-8,13H,4-6,9-11H2,1H3,(H,17,19)(H,20,21)/b3-2+. The van der Waals surface area contributed by atoms with Gasteiger partial charge in [-0.2, -0.15) is 4.31 Å². The molecule has 1 aliphatic rings. The van der Waals surface area contributed by atoms with Gasteiger partial charge in [-0.25, -0.2) is 13.2 Å². The van der Waals surface area contributed by atoms with Gasteiger partial charge in [0.15, 0.2) is 0 Å². The molecule has 138 valence electrons. The highest BCUT2D eigenvalue weighted by Gasteiger charge is 2.28. The average molecular weight is 386 g/mol. The normalized spacial score (nSPS) is 17.0. The zero-order valence-electron chi connectivity index (χ0n) is 14.0. The summed E-state index contributed by atoms with van der Waals surface area (Å²) in [6, 6.07) is 2.13. The lowest BCUT2D eigenvalue weighted by Crippen LogP contribution is -2.41. The molecule has 9 heteroatoms. The number of nitrogens with zero attached hydrogens (tertiary/aromatic N) is 1. The van der Waals surface area contributed by atoms with Gasteiger partial charge in [-0.15, -0.1) is 11.3 Å². The van der Waals surface area contributed by atoms with Crippen molar-refractivity contribution in [2.45, 2.75) is 42.9 Å². The largest absolute Gasteiger partial charge is 0.480 e. The van der Waals surface area contributed by atoms with E-state index in [1.165, 1.54) is 10.4 Å². The SMILES string of the molecule is C/C=C/CC(NC(=O)Cc1ccc(S(=O)(=O)N2CCCC2)s1)C(=O)O. The quantitative estimate of drug-likeness (QED) is 0.661. The van der Waals surface area contributed by atoms with Crippen molar-refractivity contribution in [3.05, 3.63) is 29.2 Å². The molecule has 1 fully saturated rings. The van der Waals surface area contributed by atoms with E-state index in [1.54, 1.807) is 25.1 Å². The molecule has 0 aliphatic carbocycles. The molecule has 1 atom stereocenters. The Morgan fingerprint density at radius 2 is 2.04 bits per heavy atom. The Balaban J connectivity index is 2.00. The second-order valence-electron chi connectivity index (χ2n) is 5.77. The monoisotopic (exact) mass is 386 g/mol. The zero-order chi connectivity index (χ0) is 18.4. The maximum atomic E-state index is 12.5. The van der Waals surface area contributed by atoms with Crippen LogP contribution in [-0.4, -0.2) is 48.8 Å². The third kappa shape index (κ3) is 5.13. The number of amides is 1. The molecule has 25 heavy (non-hydrogen) atoms. The topological polar surface area (TPSA) is 104 Å². The predicted molar refractivity (Wildman–Crippen MR) is 95.0 cm³/mol. The van der Waals surface area contributed by atoms with E-state index in [4.69, 9.17) is 5.11 Å². The highest BCUT2D eigenvalue weighted by atomic mass is 32.2. The minimum absolute atomic E-state index is 0.0419. The van der Waals surface area contributed by atoms with E-state index in [0.717, 1.165) is 24.2 Å². The number of nitrogens with one attached hydrogen (secondary N) is 1. The summed E-state index contributed by atoms with van der Waals surface area (Å²) in [6.45, 7) is 2.83. The van der Waals surface area contributed by atoms with Crippen LogP contribution in [0.15, 0.2) is 28.5 Å². The minimum Gasteiger partial charge on any atom is -0.480 e. The first-order valence-electron chi connectivity index (χ1n) is 8.06. The van der Waals surface area contributed by atoms with Crippen molar-refractivity contribution in [2.75, 3.05) is 13.1 Å². The number of hydrogen-bond acceptors (Lipinski definition) is 5. The van der Waals surface area contributed by atoms with Crippen LogP contribution in [0.2, 0.25) is 0 Å². The second-order valence-corrected chi connectivity index (χ2v) is 9.10. The van der Waals surface area contributed by atoms with Crippen LogP contribution in [0, 0.1) is 0 Å². The number of carboxylic acids is 1. The third-order valence-corrected chi connectivity index (χ3v) is 7.32. The summed E-state index contributed by atoms with van der Waals surface area (Å²) in [6.07, 6.45) is 5.28. The Labute approximate surface area is 151 Å². The van der Waals surface area contributed by atoms with E-state index in [0.29, 0.717) is 18.0 Å². The maximum absolute atomic E-state index is 12.5. The highest BCUT2D eigenvalue weighted by Crippen LogP contribution is 2.27. The van der Waals surface area contributed by atoms with Crippen molar-refractivity contribution in [2.24, 2.45) is 0 Å². The summed E-state index contributed by atoms with van der Waals surface area (Å²) in [5, 5.41) is 11.6. The van der Waals surface area contributed by atoms with Crippen LogP contribution in [0.25, 0.3) is 0 Å². The van der Waals surface area contributed by atoms with Crippen LogP contribution in [0.3, 0.4) is 0 Å². The fourth-order valence-electron chi connectivity index (χ4n) is 2.54. The summed E-state index contributed by atoms with van der Waals surface area (Å²) >= 11 is 1.06. The number of hydrogen-bond donors (Lipinski definition) is 2. The summed E-state index contributed by atoms with van der Waals surface area (Å²) < 4.78 is 26.6. The van der Waals surface area contributed by atoms with Gasteiger partial charge in [-0.1, -0.05) is 12.2 Å². The lowest BCUT2D eigenvalue weighted by atomic mass is 10.2. The van der Waals surface area contributed by atoms with Crippen molar-refractivity contribution in [1.29, 1.82) is 0 Å². The van der Waals surface area contributed by atoms with Gasteiger partial charge in [0.1, 0.15) is 10.3 Å². The first-order chi connectivity index (χ1) is 11.8. The van der Waals surface area contributed by atoms with E-state index in [9.17, 15) is 18.0 Å². The van der Waals surface area contributed by atoms with Crippen LogP contribution in [0.4, 0.5) is 0 Å². The van der Waals surface area contributed by atoms with Gasteiger partial charge in [0, 0.05) is 18.0 Å². The molecule has 0 bridgehead atoms. The summed E-state index contributed by atoms with van der Waals surface area (Å²) in [4.78, 5) is 23.8. The Morgan fingerprint density at radius 1 is 1.36 bits per heavy atom. The lowest BCUT2D eigenvalue weighted by molar-refractivity contribution is -0.141. The van der Waals surface area contributed by atoms with Crippen molar-refractivity contribution in [3.8, 4) is 0 Å². The third-order valence-electron chi connectivity index (χ3n) is 3.87. The molecule has 1 aliphatic heterocycles. The zero-order valence-corrected chi connectivity index (χ0v) is 15.6. The second kappa shape index (κ2) is 8.59. The minimum atomic E-state index is -3.49. The fraction of sp³-hybridized carbons (Fsp3) is 0.500. The highest BCUT2D eigenvalue weighted by molar-refractivity contribution is 7.91. The van der Waals surface area contributed by atoms with Crippen LogP contribution >= 0.6 is 11.3 Å². The maximum Gasteiger partial charge on any atom is 0.326 e. The van der Waals surface area contributed by atoms with Crippen molar-refractivity contribution in [3.63, 3.8) is 0 Å². The Morgan fingerprint density at radius 3 is 2.64 bits per heavy atom. The molecule has 2 heterocycles. The summed E-state index contributed by atoms with van der Waals surface area (Å²) in [7, 11) is -3.49. The van der Waals surface area contributed by atoms with E-state index in [1.807, 2.05) is 0 Å². The molecule has 0 spiro atoms. The van der Waals surface area contributed by atoms with Gasteiger partial charge in [-0.3, -0.25) is 4.79 Å². The Kier molecular flexibility index (Phi) is 6.74. The molecule has 0 saturated carbocycles. The molecule has 0 radical (unpaired) electrons. The number of carbonyl (C=O) groups excluding carboxylic acids is 1. The van der Waals surface area contributed by atoms with E-state index in [-0.39, 0.29) is 17.1 Å². The number of carboxylic acid groups (broad SMARTS) is 1. The predicted octanol–water partition coefficient (Wildman–Crippen LogP) is 1.61. The Hall–Kier alpha value is -1.71. The summed E-state index contributed by atoms with van der Waals surface area (Å²) in [5.41, 5.74) is 0. The molecule has 1 amide bonds. The van der Waals surface area contributed by atoms with Gasteiger partial charge in [0.25, 0.3) is 10.0 Å². The number of carbonyl (C=O) groups is 2. The molecular weight excluding hydrogens is 364 g/mol. The van der Waals surface area contributed by atoms with Gasteiger partial charge in [0.2, 0.25) is 5.91 Å². The molecule has 1 aromatic heterocycles. The molecule has 2 N–H and O–H groups in total. The van der Waals surface area contributed by atoms with Gasteiger partial charge in [0.05, 0.1) is 6.42 Å². The van der Waals surface area contributed by atoms with Crippen molar-refractivity contribution in [1.82, 2.24) is 9.62 Å². The van der Waals surface area contributed by atoms with Crippen LogP contribution in [0.5, 0.6) is 0 Å². The molecule has 2 rings (SSSR count). The van der Waals surface area contributed by atoms with Crippen LogP contribution in [-0.2, 0) is 26.0 Å². The van der Waals surface area contributed by atoms with Crippen molar-refractivity contribution < 1.29 is 23.1 Å². The summed E-state index contributed by atoms with van der Waals surface area (Å²) in [5.74, 6) is -1.54. The average Bonchev–Trinajstić information content (AvgIpc) is 3.22. The number of rotatable bonds is 8. The van der Waals surface area contributed by atoms with E-state index >= 15 is 0 Å². The number of allylic oxidation sites excluding steroid dienone is 1. The molecule has 1 saturated heterocycles. The van der Waals surface area contributed by atoms with Crippen LogP contribution < -0.4 is 5.32 Å². The lowest BCUT2D eigenvalue weighted by Gasteiger charge is -2.13. The first-order valence-corrected chi connectivity index (χ1v) is 10.3. The van der Waals surface area contributed by atoms with Gasteiger partial charge in [-0.05, 0) is 38.3 Å².